The molecule has 1 aromatic rings. The van der Waals surface area contributed by atoms with Crippen LogP contribution < -0.4 is 11.1 Å². The molecule has 0 bridgehead atoms. The van der Waals surface area contributed by atoms with Crippen molar-refractivity contribution in [2.45, 2.75) is 19.3 Å². The van der Waals surface area contributed by atoms with Crippen LogP contribution in [0.5, 0.6) is 0 Å². The maximum atomic E-state index is 8.82. The van der Waals surface area contributed by atoms with Crippen molar-refractivity contribution in [3.8, 4) is 6.07 Å². The van der Waals surface area contributed by atoms with E-state index in [4.69, 9.17) is 11.0 Å². The lowest BCUT2D eigenvalue weighted by molar-refractivity contribution is 0.748. The molecule has 92 valence electrons. The number of nitrogen functional groups attached to an aromatic ring is 1. The number of unbranched alkanes of at least 4 members (excludes halogenated alkanes) is 2. The van der Waals surface area contributed by atoms with Crippen molar-refractivity contribution in [3.05, 3.63) is 17.8 Å². The lowest BCUT2D eigenvalue weighted by atomic mass is 10.2. The fourth-order valence-electron chi connectivity index (χ4n) is 1.47. The van der Waals surface area contributed by atoms with Crippen LogP contribution in [-0.2, 0) is 0 Å². The number of nitrogens with two attached hydrogens (primary N) is 1. The maximum absolute atomic E-state index is 8.82. The van der Waals surface area contributed by atoms with E-state index in [-0.39, 0.29) is 0 Å². The molecule has 17 heavy (non-hydrogen) atoms. The van der Waals surface area contributed by atoms with E-state index in [1.165, 1.54) is 18.6 Å². The number of hydrogen-bond donors (Lipinski definition) is 2. The average molecular weight is 250 g/mol. The monoisotopic (exact) mass is 250 g/mol. The largest absolute Gasteiger partial charge is 0.395 e. The van der Waals surface area contributed by atoms with Crippen molar-refractivity contribution in [1.82, 2.24) is 4.98 Å². The Labute approximate surface area is 107 Å². The van der Waals surface area contributed by atoms with Crippen molar-refractivity contribution in [2.75, 3.05) is 29.6 Å². The Bertz CT molecular complexity index is 387. The predicted octanol–water partition coefficient (Wildman–Crippen LogP) is 2.48. The summed E-state index contributed by atoms with van der Waals surface area (Å²) in [5.41, 5.74) is 6.73. The molecule has 0 radical (unpaired) electrons. The third-order valence-electron chi connectivity index (χ3n) is 2.43. The van der Waals surface area contributed by atoms with Crippen molar-refractivity contribution < 1.29 is 0 Å². The van der Waals surface area contributed by atoms with E-state index >= 15 is 0 Å². The average Bonchev–Trinajstić information content (AvgIpc) is 2.35. The lowest BCUT2D eigenvalue weighted by Gasteiger charge is -2.08. The summed E-state index contributed by atoms with van der Waals surface area (Å²) >= 11 is 1.87. The first kappa shape index (κ1) is 13.7. The van der Waals surface area contributed by atoms with Crippen molar-refractivity contribution in [3.63, 3.8) is 0 Å². The van der Waals surface area contributed by atoms with E-state index in [9.17, 15) is 0 Å². The van der Waals surface area contributed by atoms with Crippen LogP contribution in [0.25, 0.3) is 0 Å². The molecule has 1 aromatic heterocycles. The van der Waals surface area contributed by atoms with Gasteiger partial charge in [0.1, 0.15) is 6.07 Å². The number of pyridine rings is 1. The highest BCUT2D eigenvalue weighted by atomic mass is 32.2. The van der Waals surface area contributed by atoms with Crippen molar-refractivity contribution in [1.29, 1.82) is 5.26 Å². The third-order valence-corrected chi connectivity index (χ3v) is 3.13. The number of nitriles is 1. The minimum Gasteiger partial charge on any atom is -0.395 e. The Balaban J connectivity index is 2.35. The standard InChI is InChI=1S/C12H18N4S/c1-17-8-4-2-3-6-15-12-11(14)10(9-13)5-7-16-12/h5,7H,2-4,6,8,14H2,1H3,(H,15,16). The molecule has 0 aliphatic heterocycles. The number of aromatic nitrogens is 1. The zero-order valence-corrected chi connectivity index (χ0v) is 10.9. The Kier molecular flexibility index (Phi) is 6.26. The van der Waals surface area contributed by atoms with Gasteiger partial charge in [-0.15, -0.1) is 0 Å². The molecule has 3 N–H and O–H groups in total. The van der Waals surface area contributed by atoms with Gasteiger partial charge in [0.2, 0.25) is 0 Å². The smallest absolute Gasteiger partial charge is 0.150 e. The van der Waals surface area contributed by atoms with Gasteiger partial charge in [-0.3, -0.25) is 0 Å². The van der Waals surface area contributed by atoms with Gasteiger partial charge in [0, 0.05) is 12.7 Å². The summed E-state index contributed by atoms with van der Waals surface area (Å²) < 4.78 is 0. The number of rotatable bonds is 7. The van der Waals surface area contributed by atoms with Gasteiger partial charge < -0.3 is 11.1 Å². The molecular weight excluding hydrogens is 232 g/mol. The molecule has 0 aromatic carbocycles. The van der Waals surface area contributed by atoms with Crippen LogP contribution in [0.3, 0.4) is 0 Å². The molecule has 0 aliphatic carbocycles. The second-order valence-electron chi connectivity index (χ2n) is 3.71. The third kappa shape index (κ3) is 4.53. The zero-order valence-electron chi connectivity index (χ0n) is 10.1. The van der Waals surface area contributed by atoms with Crippen LogP contribution in [0.1, 0.15) is 24.8 Å². The SMILES string of the molecule is CSCCCCCNc1nccc(C#N)c1N. The lowest BCUT2D eigenvalue weighted by Crippen LogP contribution is -2.07. The highest BCUT2D eigenvalue weighted by Gasteiger charge is 2.04. The number of nitrogens with zero attached hydrogens (tertiary/aromatic N) is 2. The van der Waals surface area contributed by atoms with Crippen LogP contribution in [0.15, 0.2) is 12.3 Å². The second-order valence-corrected chi connectivity index (χ2v) is 4.70. The molecule has 1 rings (SSSR count). The maximum Gasteiger partial charge on any atom is 0.150 e. The number of hydrogen-bond acceptors (Lipinski definition) is 5. The number of anilines is 2. The van der Waals surface area contributed by atoms with E-state index in [0.717, 1.165) is 13.0 Å². The second kappa shape index (κ2) is 7.80. The van der Waals surface area contributed by atoms with Gasteiger partial charge in [-0.1, -0.05) is 6.42 Å². The summed E-state index contributed by atoms with van der Waals surface area (Å²) in [7, 11) is 0. The van der Waals surface area contributed by atoms with Gasteiger partial charge in [0.25, 0.3) is 0 Å². The highest BCUT2D eigenvalue weighted by Crippen LogP contribution is 2.18. The Morgan fingerprint density at radius 1 is 1.47 bits per heavy atom. The van der Waals surface area contributed by atoms with Crippen molar-refractivity contribution >= 4 is 23.3 Å². The molecule has 0 atom stereocenters. The van der Waals surface area contributed by atoms with Gasteiger partial charge in [-0.2, -0.15) is 17.0 Å². The summed E-state index contributed by atoms with van der Waals surface area (Å²) in [4.78, 5) is 4.13. The predicted molar refractivity (Wildman–Crippen MR) is 74.1 cm³/mol. The van der Waals surface area contributed by atoms with E-state index in [1.54, 1.807) is 12.3 Å². The van der Waals surface area contributed by atoms with Gasteiger partial charge >= 0.3 is 0 Å². The molecular formula is C12H18N4S. The topological polar surface area (TPSA) is 74.7 Å². The minimum atomic E-state index is 0.444. The van der Waals surface area contributed by atoms with E-state index in [0.29, 0.717) is 17.1 Å². The Morgan fingerprint density at radius 2 is 2.29 bits per heavy atom. The quantitative estimate of drug-likeness (QED) is 0.727. The molecule has 0 spiro atoms. The summed E-state index contributed by atoms with van der Waals surface area (Å²) in [6, 6.07) is 3.67. The number of thioether (sulfide) groups is 1. The molecule has 4 nitrogen and oxygen atoms in total. The van der Waals surface area contributed by atoms with E-state index < -0.39 is 0 Å². The highest BCUT2D eigenvalue weighted by molar-refractivity contribution is 7.98. The van der Waals surface area contributed by atoms with Gasteiger partial charge in [-0.25, -0.2) is 4.98 Å². The van der Waals surface area contributed by atoms with Crippen LogP contribution in [0.4, 0.5) is 11.5 Å². The minimum absolute atomic E-state index is 0.444. The van der Waals surface area contributed by atoms with Crippen LogP contribution in [0.2, 0.25) is 0 Å². The molecule has 0 saturated heterocycles. The Morgan fingerprint density at radius 3 is 3.00 bits per heavy atom. The summed E-state index contributed by atoms with van der Waals surface area (Å²) in [6.07, 6.45) is 7.26. The molecule has 0 fully saturated rings. The number of nitrogens with one attached hydrogen (secondary N) is 1. The fourth-order valence-corrected chi connectivity index (χ4v) is 1.96. The van der Waals surface area contributed by atoms with Crippen LogP contribution >= 0.6 is 11.8 Å². The van der Waals surface area contributed by atoms with Gasteiger partial charge in [-0.05, 0) is 30.9 Å². The summed E-state index contributed by atoms with van der Waals surface area (Å²) in [6.45, 7) is 0.848. The fraction of sp³-hybridized carbons (Fsp3) is 0.500. The van der Waals surface area contributed by atoms with Crippen molar-refractivity contribution in [2.24, 2.45) is 0 Å². The molecule has 5 heteroatoms. The van der Waals surface area contributed by atoms with Crippen LogP contribution in [0, 0.1) is 11.3 Å². The summed E-state index contributed by atoms with van der Waals surface area (Å²) in [5.74, 6) is 1.83. The van der Waals surface area contributed by atoms with Crippen LogP contribution in [-0.4, -0.2) is 23.5 Å². The normalized spacial score (nSPS) is 9.88. The molecule has 1 heterocycles. The molecule has 0 unspecified atom stereocenters. The van der Waals surface area contributed by atoms with Gasteiger partial charge in [0.15, 0.2) is 5.82 Å². The molecule has 0 aliphatic rings. The van der Waals surface area contributed by atoms with Gasteiger partial charge in [0.05, 0.1) is 11.3 Å². The zero-order chi connectivity index (χ0) is 12.5. The van der Waals surface area contributed by atoms with E-state index in [1.807, 2.05) is 17.8 Å². The Hall–Kier alpha value is -1.41. The molecule has 0 saturated carbocycles. The van der Waals surface area contributed by atoms with E-state index in [2.05, 4.69) is 16.6 Å². The first-order valence-electron chi connectivity index (χ1n) is 5.67. The first-order chi connectivity index (χ1) is 8.29. The summed E-state index contributed by atoms with van der Waals surface area (Å²) in [5, 5.41) is 12.0. The first-order valence-corrected chi connectivity index (χ1v) is 7.06. The molecule has 0 amide bonds.